The van der Waals surface area contributed by atoms with Crippen molar-refractivity contribution in [2.24, 2.45) is 0 Å². The van der Waals surface area contributed by atoms with Gasteiger partial charge in [0.1, 0.15) is 11.6 Å². The number of amides is 1. The number of hydrogen-bond donors (Lipinski definition) is 1. The third-order valence-electron chi connectivity index (χ3n) is 5.67. The molecule has 1 aliphatic carbocycles. The Morgan fingerprint density at radius 2 is 1.81 bits per heavy atom. The molecule has 0 spiro atoms. The fraction of sp³-hybridized carbons (Fsp3) is 0.429. The first-order chi connectivity index (χ1) is 13.1. The van der Waals surface area contributed by atoms with Crippen LogP contribution in [0.1, 0.15) is 24.0 Å². The number of halogens is 1. The Hall–Kier alpha value is -2.47. The fourth-order valence-electron chi connectivity index (χ4n) is 3.64. The summed E-state index contributed by atoms with van der Waals surface area (Å²) in [5.74, 6) is 0.724. The summed E-state index contributed by atoms with van der Waals surface area (Å²) in [5, 5.41) is 3.03. The molecule has 1 saturated heterocycles. The van der Waals surface area contributed by atoms with Crippen LogP contribution < -0.4 is 10.2 Å². The van der Waals surface area contributed by atoms with Gasteiger partial charge >= 0.3 is 0 Å². The van der Waals surface area contributed by atoms with Crippen molar-refractivity contribution in [3.63, 3.8) is 0 Å². The summed E-state index contributed by atoms with van der Waals surface area (Å²) in [6, 6.07) is 10.3. The first-order valence-corrected chi connectivity index (χ1v) is 9.50. The van der Waals surface area contributed by atoms with E-state index >= 15 is 0 Å². The Balaban J connectivity index is 1.35. The lowest BCUT2D eigenvalue weighted by molar-refractivity contribution is -0.123. The molecule has 0 unspecified atom stereocenters. The van der Waals surface area contributed by atoms with E-state index in [1.165, 1.54) is 12.1 Å². The van der Waals surface area contributed by atoms with E-state index in [-0.39, 0.29) is 11.7 Å². The van der Waals surface area contributed by atoms with E-state index < -0.39 is 5.41 Å². The second-order valence-corrected chi connectivity index (χ2v) is 7.59. The van der Waals surface area contributed by atoms with E-state index in [2.05, 4.69) is 27.1 Å². The molecule has 6 heteroatoms. The molecule has 1 N–H and O–H groups in total. The molecule has 1 saturated carbocycles. The minimum Gasteiger partial charge on any atom is -0.354 e. The van der Waals surface area contributed by atoms with Gasteiger partial charge in [0, 0.05) is 38.9 Å². The number of rotatable bonds is 5. The van der Waals surface area contributed by atoms with Crippen molar-refractivity contribution in [1.29, 1.82) is 0 Å². The third kappa shape index (κ3) is 3.81. The largest absolute Gasteiger partial charge is 0.354 e. The summed E-state index contributed by atoms with van der Waals surface area (Å²) in [6.07, 6.45) is 3.46. The first kappa shape index (κ1) is 17.9. The van der Waals surface area contributed by atoms with Crippen LogP contribution in [-0.2, 0) is 16.8 Å². The van der Waals surface area contributed by atoms with Crippen LogP contribution in [0.3, 0.4) is 0 Å². The number of carbonyl (C=O) groups is 1. The molecule has 2 fully saturated rings. The van der Waals surface area contributed by atoms with Gasteiger partial charge in [0.15, 0.2) is 0 Å². The van der Waals surface area contributed by atoms with Crippen molar-refractivity contribution >= 4 is 11.7 Å². The molecule has 1 aromatic carbocycles. The van der Waals surface area contributed by atoms with Crippen LogP contribution in [0.5, 0.6) is 0 Å². The van der Waals surface area contributed by atoms with Crippen LogP contribution in [0.25, 0.3) is 0 Å². The lowest BCUT2D eigenvalue weighted by atomic mass is 9.95. The zero-order chi connectivity index (χ0) is 18.9. The molecular formula is C21H25FN4O. The van der Waals surface area contributed by atoms with Gasteiger partial charge in [-0.05, 0) is 49.2 Å². The maximum atomic E-state index is 13.1. The molecule has 1 amide bonds. The molecule has 2 aromatic rings. The molecule has 2 aliphatic rings. The number of nitrogens with zero attached hydrogens (tertiary/aromatic N) is 3. The van der Waals surface area contributed by atoms with Crippen molar-refractivity contribution in [1.82, 2.24) is 15.2 Å². The Morgan fingerprint density at radius 3 is 2.41 bits per heavy atom. The van der Waals surface area contributed by atoms with E-state index in [0.717, 1.165) is 56.0 Å². The molecule has 4 rings (SSSR count). The van der Waals surface area contributed by atoms with Gasteiger partial charge in [0.25, 0.3) is 0 Å². The Kier molecular flexibility index (Phi) is 4.83. The number of pyridine rings is 1. The van der Waals surface area contributed by atoms with E-state index in [1.807, 2.05) is 18.3 Å². The zero-order valence-electron chi connectivity index (χ0n) is 15.6. The van der Waals surface area contributed by atoms with Gasteiger partial charge in [-0.25, -0.2) is 9.37 Å². The Morgan fingerprint density at radius 1 is 1.11 bits per heavy atom. The number of carbonyl (C=O) groups excluding carboxylic acids is 1. The van der Waals surface area contributed by atoms with E-state index in [0.29, 0.717) is 6.54 Å². The maximum Gasteiger partial charge on any atom is 0.230 e. The molecule has 0 atom stereocenters. The van der Waals surface area contributed by atoms with Crippen molar-refractivity contribution in [3.05, 3.63) is 59.5 Å². The topological polar surface area (TPSA) is 48.5 Å². The van der Waals surface area contributed by atoms with Crippen LogP contribution in [0.15, 0.2) is 42.6 Å². The van der Waals surface area contributed by atoms with Crippen LogP contribution in [0.4, 0.5) is 10.2 Å². The smallest absolute Gasteiger partial charge is 0.230 e. The summed E-state index contributed by atoms with van der Waals surface area (Å²) in [4.78, 5) is 21.9. The van der Waals surface area contributed by atoms with Gasteiger partial charge in [-0.15, -0.1) is 0 Å². The van der Waals surface area contributed by atoms with Crippen LogP contribution in [-0.4, -0.2) is 49.0 Å². The van der Waals surface area contributed by atoms with Crippen molar-refractivity contribution in [2.75, 3.05) is 38.1 Å². The summed E-state index contributed by atoms with van der Waals surface area (Å²) in [7, 11) is 2.13. The summed E-state index contributed by atoms with van der Waals surface area (Å²) in [5.41, 5.74) is 1.39. The lowest BCUT2D eigenvalue weighted by Gasteiger charge is -2.33. The summed E-state index contributed by atoms with van der Waals surface area (Å²) >= 11 is 0. The van der Waals surface area contributed by atoms with E-state index in [1.54, 1.807) is 12.1 Å². The number of nitrogens with one attached hydrogen (secondary N) is 1. The van der Waals surface area contributed by atoms with E-state index in [9.17, 15) is 9.18 Å². The average molecular weight is 368 g/mol. The van der Waals surface area contributed by atoms with Gasteiger partial charge in [-0.2, -0.15) is 0 Å². The number of aromatic nitrogens is 1. The number of likely N-dealkylation sites (N-methyl/N-ethyl adjacent to an activating group) is 1. The number of anilines is 1. The van der Waals surface area contributed by atoms with Crippen LogP contribution in [0.2, 0.25) is 0 Å². The first-order valence-electron chi connectivity index (χ1n) is 9.50. The quantitative estimate of drug-likeness (QED) is 0.880. The maximum absolute atomic E-state index is 13.1. The second kappa shape index (κ2) is 7.27. The van der Waals surface area contributed by atoms with Crippen molar-refractivity contribution in [3.8, 4) is 0 Å². The fourth-order valence-corrected chi connectivity index (χ4v) is 3.64. The molecule has 2 heterocycles. The molecule has 142 valence electrons. The number of benzene rings is 1. The SMILES string of the molecule is CN1CCN(c2ccc(CNC(=O)C3(c4ccc(F)cc4)CC3)cn2)CC1. The zero-order valence-corrected chi connectivity index (χ0v) is 15.6. The highest BCUT2D eigenvalue weighted by Gasteiger charge is 2.51. The van der Waals surface area contributed by atoms with Gasteiger partial charge in [-0.1, -0.05) is 18.2 Å². The highest BCUT2D eigenvalue weighted by molar-refractivity contribution is 5.91. The molecule has 0 bridgehead atoms. The monoisotopic (exact) mass is 368 g/mol. The number of hydrogen-bond acceptors (Lipinski definition) is 4. The molecule has 5 nitrogen and oxygen atoms in total. The van der Waals surface area contributed by atoms with Gasteiger partial charge in [0.2, 0.25) is 5.91 Å². The molecular weight excluding hydrogens is 343 g/mol. The summed E-state index contributed by atoms with van der Waals surface area (Å²) < 4.78 is 13.1. The standard InChI is InChI=1S/C21H25FN4O/c1-25-10-12-26(13-11-25)19-7-2-16(14-23-19)15-24-20(27)21(8-9-21)17-3-5-18(22)6-4-17/h2-7,14H,8-13,15H2,1H3,(H,24,27). The summed E-state index contributed by atoms with van der Waals surface area (Å²) in [6.45, 7) is 4.52. The molecule has 1 aromatic heterocycles. The Labute approximate surface area is 159 Å². The van der Waals surface area contributed by atoms with E-state index in [4.69, 9.17) is 0 Å². The van der Waals surface area contributed by atoms with Crippen LogP contribution >= 0.6 is 0 Å². The van der Waals surface area contributed by atoms with Crippen LogP contribution in [0, 0.1) is 5.82 Å². The Bertz CT molecular complexity index is 794. The minimum atomic E-state index is -0.485. The highest BCUT2D eigenvalue weighted by Crippen LogP contribution is 2.48. The van der Waals surface area contributed by atoms with Gasteiger partial charge in [-0.3, -0.25) is 4.79 Å². The predicted molar refractivity (Wildman–Crippen MR) is 103 cm³/mol. The normalized spacial score (nSPS) is 19.0. The molecule has 27 heavy (non-hydrogen) atoms. The van der Waals surface area contributed by atoms with Gasteiger partial charge in [0.05, 0.1) is 5.41 Å². The van der Waals surface area contributed by atoms with Crippen molar-refractivity contribution < 1.29 is 9.18 Å². The second-order valence-electron chi connectivity index (χ2n) is 7.59. The number of piperazine rings is 1. The molecule has 0 radical (unpaired) electrons. The molecule has 1 aliphatic heterocycles. The third-order valence-corrected chi connectivity index (χ3v) is 5.67. The lowest BCUT2D eigenvalue weighted by Crippen LogP contribution is -2.44. The van der Waals surface area contributed by atoms with Crippen molar-refractivity contribution in [2.45, 2.75) is 24.8 Å². The highest BCUT2D eigenvalue weighted by atomic mass is 19.1. The predicted octanol–water partition coefficient (Wildman–Crippen LogP) is 2.32. The minimum absolute atomic E-state index is 0.0113. The average Bonchev–Trinajstić information content (AvgIpc) is 3.50. The van der Waals surface area contributed by atoms with Gasteiger partial charge < -0.3 is 15.1 Å².